The van der Waals surface area contributed by atoms with Gasteiger partial charge in [0.05, 0.1) is 0 Å². The third-order valence-corrected chi connectivity index (χ3v) is 1.81. The summed E-state index contributed by atoms with van der Waals surface area (Å²) in [7, 11) is 0. The van der Waals surface area contributed by atoms with E-state index in [1.54, 1.807) is 12.4 Å². The van der Waals surface area contributed by atoms with Gasteiger partial charge in [-0.2, -0.15) is 0 Å². The van der Waals surface area contributed by atoms with Gasteiger partial charge in [-0.25, -0.2) is 9.97 Å². The molecule has 0 aliphatic heterocycles. The second-order valence-electron chi connectivity index (χ2n) is 3.86. The number of aromatic nitrogens is 2. The Labute approximate surface area is 73.4 Å². The molecule has 12 heavy (non-hydrogen) atoms. The Balaban J connectivity index is 2.94. The molecule has 0 atom stereocenters. The summed E-state index contributed by atoms with van der Waals surface area (Å²) in [6.07, 6.45) is 5.11. The third kappa shape index (κ3) is 1.91. The van der Waals surface area contributed by atoms with E-state index in [9.17, 15) is 0 Å². The largest absolute Gasteiger partial charge is 0.244 e. The molecule has 1 aromatic rings. The molecule has 0 amide bonds. The van der Waals surface area contributed by atoms with E-state index in [1.807, 2.05) is 0 Å². The molecule has 0 N–H and O–H groups in total. The van der Waals surface area contributed by atoms with Crippen LogP contribution in [0, 0.1) is 5.41 Å². The van der Waals surface area contributed by atoms with Crippen LogP contribution in [0.15, 0.2) is 25.3 Å². The average Bonchev–Trinajstić information content (AvgIpc) is 2.03. The quantitative estimate of drug-likeness (QED) is 0.634. The fourth-order valence-electron chi connectivity index (χ4n) is 0.888. The number of hydrogen-bond donors (Lipinski definition) is 0. The highest BCUT2D eigenvalue weighted by Gasteiger charge is 2.16. The van der Waals surface area contributed by atoms with Gasteiger partial charge in [-0.3, -0.25) is 0 Å². The van der Waals surface area contributed by atoms with Crippen LogP contribution in [0.3, 0.4) is 0 Å². The molecule has 64 valence electrons. The Kier molecular flexibility index (Phi) is 2.27. The molecule has 2 heteroatoms. The first kappa shape index (κ1) is 8.91. The van der Waals surface area contributed by atoms with Gasteiger partial charge < -0.3 is 0 Å². The average molecular weight is 162 g/mol. The fraction of sp³-hybridized carbons (Fsp3) is 0.400. The van der Waals surface area contributed by atoms with Crippen molar-refractivity contribution in [3.63, 3.8) is 0 Å². The molecule has 1 aromatic heterocycles. The van der Waals surface area contributed by atoms with E-state index in [0.717, 1.165) is 11.1 Å². The summed E-state index contributed by atoms with van der Waals surface area (Å²) in [6, 6.07) is 0. The van der Waals surface area contributed by atoms with Crippen molar-refractivity contribution in [3.05, 3.63) is 30.9 Å². The molecule has 0 saturated heterocycles. The molecule has 0 aromatic carbocycles. The predicted molar refractivity (Wildman–Crippen MR) is 50.5 cm³/mol. The number of allylic oxidation sites excluding steroid dienone is 1. The van der Waals surface area contributed by atoms with Gasteiger partial charge in [0.2, 0.25) is 0 Å². The Hall–Kier alpha value is -1.18. The van der Waals surface area contributed by atoms with Gasteiger partial charge in [-0.1, -0.05) is 27.4 Å². The van der Waals surface area contributed by atoms with Crippen LogP contribution >= 0.6 is 0 Å². The lowest BCUT2D eigenvalue weighted by molar-refractivity contribution is 0.567. The van der Waals surface area contributed by atoms with E-state index in [-0.39, 0.29) is 5.41 Å². The highest BCUT2D eigenvalue weighted by atomic mass is 14.8. The summed E-state index contributed by atoms with van der Waals surface area (Å²) in [6.45, 7) is 10.4. The van der Waals surface area contributed by atoms with Gasteiger partial charge in [0.1, 0.15) is 6.33 Å². The van der Waals surface area contributed by atoms with Crippen LogP contribution in [0.2, 0.25) is 0 Å². The topological polar surface area (TPSA) is 25.8 Å². The molecular weight excluding hydrogens is 148 g/mol. The molecule has 0 unspecified atom stereocenters. The Morgan fingerprint density at radius 3 is 2.17 bits per heavy atom. The molecule has 1 heterocycles. The van der Waals surface area contributed by atoms with Crippen molar-refractivity contribution in [3.8, 4) is 0 Å². The lowest BCUT2D eigenvalue weighted by Gasteiger charge is -2.21. The van der Waals surface area contributed by atoms with Crippen LogP contribution in [-0.4, -0.2) is 9.97 Å². The van der Waals surface area contributed by atoms with Gasteiger partial charge in [0, 0.05) is 18.0 Å². The standard InChI is InChI=1S/C10H14N2/c1-8(10(2,3)4)9-5-11-7-12-6-9/h5-7H,1H2,2-4H3. The monoisotopic (exact) mass is 162 g/mol. The van der Waals surface area contributed by atoms with E-state index in [0.29, 0.717) is 0 Å². The van der Waals surface area contributed by atoms with Gasteiger partial charge in [0.25, 0.3) is 0 Å². The maximum Gasteiger partial charge on any atom is 0.115 e. The van der Waals surface area contributed by atoms with Gasteiger partial charge in [-0.05, 0) is 11.0 Å². The van der Waals surface area contributed by atoms with Crippen molar-refractivity contribution < 1.29 is 0 Å². The highest BCUT2D eigenvalue weighted by Crippen LogP contribution is 2.30. The zero-order chi connectivity index (χ0) is 9.19. The minimum absolute atomic E-state index is 0.0880. The van der Waals surface area contributed by atoms with Crippen molar-refractivity contribution >= 4 is 5.57 Å². The van der Waals surface area contributed by atoms with Crippen molar-refractivity contribution in [2.75, 3.05) is 0 Å². The Morgan fingerprint density at radius 2 is 1.75 bits per heavy atom. The summed E-state index contributed by atoms with van der Waals surface area (Å²) in [4.78, 5) is 7.89. The summed E-state index contributed by atoms with van der Waals surface area (Å²) in [5.41, 5.74) is 2.18. The lowest BCUT2D eigenvalue weighted by atomic mass is 9.84. The van der Waals surface area contributed by atoms with Crippen molar-refractivity contribution in [1.82, 2.24) is 9.97 Å². The molecule has 0 spiro atoms. The zero-order valence-corrected chi connectivity index (χ0v) is 7.83. The van der Waals surface area contributed by atoms with Gasteiger partial charge in [0.15, 0.2) is 0 Å². The maximum atomic E-state index is 4.02. The summed E-state index contributed by atoms with van der Waals surface area (Å²) < 4.78 is 0. The Morgan fingerprint density at radius 1 is 1.25 bits per heavy atom. The lowest BCUT2D eigenvalue weighted by Crippen LogP contribution is -2.07. The smallest absolute Gasteiger partial charge is 0.115 e. The van der Waals surface area contributed by atoms with Gasteiger partial charge in [-0.15, -0.1) is 0 Å². The van der Waals surface area contributed by atoms with Crippen LogP contribution in [0.1, 0.15) is 26.3 Å². The first-order valence-corrected chi connectivity index (χ1v) is 3.96. The van der Waals surface area contributed by atoms with Crippen LogP contribution in [0.4, 0.5) is 0 Å². The zero-order valence-electron chi connectivity index (χ0n) is 7.83. The van der Waals surface area contributed by atoms with Crippen LogP contribution in [-0.2, 0) is 0 Å². The minimum Gasteiger partial charge on any atom is -0.244 e. The van der Waals surface area contributed by atoms with Gasteiger partial charge >= 0.3 is 0 Å². The molecule has 1 rings (SSSR count). The first-order valence-electron chi connectivity index (χ1n) is 3.96. The third-order valence-electron chi connectivity index (χ3n) is 1.81. The minimum atomic E-state index is 0.0880. The van der Waals surface area contributed by atoms with Crippen LogP contribution in [0.25, 0.3) is 5.57 Å². The summed E-state index contributed by atoms with van der Waals surface area (Å²) >= 11 is 0. The number of nitrogens with zero attached hydrogens (tertiary/aromatic N) is 2. The molecule has 2 nitrogen and oxygen atoms in total. The summed E-state index contributed by atoms with van der Waals surface area (Å²) in [5, 5.41) is 0. The first-order chi connectivity index (χ1) is 5.52. The molecule has 0 radical (unpaired) electrons. The van der Waals surface area contributed by atoms with Crippen LogP contribution in [0.5, 0.6) is 0 Å². The van der Waals surface area contributed by atoms with Crippen molar-refractivity contribution in [2.24, 2.45) is 5.41 Å². The molecule has 0 saturated carbocycles. The highest BCUT2D eigenvalue weighted by molar-refractivity contribution is 5.65. The normalized spacial score (nSPS) is 11.2. The van der Waals surface area contributed by atoms with E-state index < -0.39 is 0 Å². The van der Waals surface area contributed by atoms with E-state index in [4.69, 9.17) is 0 Å². The van der Waals surface area contributed by atoms with Crippen molar-refractivity contribution in [2.45, 2.75) is 20.8 Å². The second kappa shape index (κ2) is 3.05. The molecule has 0 aliphatic carbocycles. The van der Waals surface area contributed by atoms with E-state index in [1.165, 1.54) is 6.33 Å². The van der Waals surface area contributed by atoms with Crippen molar-refractivity contribution in [1.29, 1.82) is 0 Å². The molecule has 0 aliphatic rings. The van der Waals surface area contributed by atoms with Crippen LogP contribution < -0.4 is 0 Å². The molecule has 0 bridgehead atoms. The molecular formula is C10H14N2. The number of rotatable bonds is 1. The van der Waals surface area contributed by atoms with E-state index >= 15 is 0 Å². The Bertz CT molecular complexity index is 270. The maximum absolute atomic E-state index is 4.02. The number of hydrogen-bond acceptors (Lipinski definition) is 2. The predicted octanol–water partition coefficient (Wildman–Crippen LogP) is 2.54. The SMILES string of the molecule is C=C(c1cncnc1)C(C)(C)C. The second-order valence-corrected chi connectivity index (χ2v) is 3.86. The molecule has 0 fully saturated rings. The van der Waals surface area contributed by atoms with E-state index in [2.05, 4.69) is 37.3 Å². The summed E-state index contributed by atoms with van der Waals surface area (Å²) in [5.74, 6) is 0. The fourth-order valence-corrected chi connectivity index (χ4v) is 0.888.